The smallest absolute Gasteiger partial charge is 0.0705 e. The second-order valence-corrected chi connectivity index (χ2v) is 4.38. The predicted octanol–water partition coefficient (Wildman–Crippen LogP) is 2.92. The maximum absolute atomic E-state index is 5.32. The third-order valence-corrected chi connectivity index (χ3v) is 3.03. The lowest BCUT2D eigenvalue weighted by atomic mass is 10.0. The number of hydrogen-bond acceptors (Lipinski definition) is 3. The minimum Gasteiger partial charge on any atom is -0.383 e. The molecule has 0 fully saturated rings. The van der Waals surface area contributed by atoms with E-state index in [1.54, 1.807) is 7.11 Å². The van der Waals surface area contributed by atoms with Gasteiger partial charge in [0.2, 0.25) is 0 Å². The van der Waals surface area contributed by atoms with E-state index in [1.807, 2.05) is 18.3 Å². The van der Waals surface area contributed by atoms with E-state index in [1.165, 1.54) is 10.9 Å². The zero-order valence-corrected chi connectivity index (χ0v) is 11.0. The summed E-state index contributed by atoms with van der Waals surface area (Å²) >= 11 is 0. The molecular formula is C15H20N2O. The van der Waals surface area contributed by atoms with Gasteiger partial charge in [-0.1, -0.05) is 25.1 Å². The minimum atomic E-state index is 0.225. The summed E-state index contributed by atoms with van der Waals surface area (Å²) in [5, 5.41) is 4.73. The van der Waals surface area contributed by atoms with Crippen LogP contribution in [0.15, 0.2) is 36.5 Å². The summed E-state index contributed by atoms with van der Waals surface area (Å²) in [5.74, 6) is 0. The number of rotatable bonds is 6. The molecule has 0 bridgehead atoms. The fraction of sp³-hybridized carbons (Fsp3) is 0.400. The molecule has 0 spiro atoms. The average Bonchev–Trinajstić information content (AvgIpc) is 2.43. The first-order valence-corrected chi connectivity index (χ1v) is 6.42. The molecule has 0 radical (unpaired) electrons. The van der Waals surface area contributed by atoms with Gasteiger partial charge >= 0.3 is 0 Å². The van der Waals surface area contributed by atoms with E-state index in [0.717, 1.165) is 18.5 Å². The van der Waals surface area contributed by atoms with E-state index in [4.69, 9.17) is 4.74 Å². The van der Waals surface area contributed by atoms with Gasteiger partial charge in [-0.3, -0.25) is 4.98 Å². The Morgan fingerprint density at radius 3 is 2.89 bits per heavy atom. The molecule has 1 atom stereocenters. The predicted molar refractivity (Wildman–Crippen MR) is 74.7 cm³/mol. The number of fused-ring (bicyclic) bond motifs is 1. The van der Waals surface area contributed by atoms with E-state index in [0.29, 0.717) is 6.61 Å². The SMILES string of the molecule is CCCNC(COC)c1ccnc2ccccc12. The molecule has 2 aromatic rings. The van der Waals surface area contributed by atoms with Crippen LogP contribution in [0, 0.1) is 0 Å². The first-order valence-electron chi connectivity index (χ1n) is 6.42. The fourth-order valence-electron chi connectivity index (χ4n) is 2.17. The van der Waals surface area contributed by atoms with Crippen LogP contribution >= 0.6 is 0 Å². The number of para-hydroxylation sites is 1. The standard InChI is InChI=1S/C15H20N2O/c1-3-9-16-15(11-18-2)13-8-10-17-14-7-5-4-6-12(13)14/h4-8,10,15-16H,3,9,11H2,1-2H3. The highest BCUT2D eigenvalue weighted by Gasteiger charge is 2.13. The van der Waals surface area contributed by atoms with Crippen LogP contribution in [0.2, 0.25) is 0 Å². The largest absolute Gasteiger partial charge is 0.383 e. The summed E-state index contributed by atoms with van der Waals surface area (Å²) in [6.45, 7) is 3.83. The first kappa shape index (κ1) is 13.0. The summed E-state index contributed by atoms with van der Waals surface area (Å²) in [6.07, 6.45) is 2.98. The molecule has 2 rings (SSSR count). The molecule has 0 aliphatic carbocycles. The van der Waals surface area contributed by atoms with Gasteiger partial charge in [-0.15, -0.1) is 0 Å². The van der Waals surface area contributed by atoms with Crippen molar-refractivity contribution in [2.45, 2.75) is 19.4 Å². The minimum absolute atomic E-state index is 0.225. The normalized spacial score (nSPS) is 12.8. The van der Waals surface area contributed by atoms with Crippen molar-refractivity contribution in [2.24, 2.45) is 0 Å². The van der Waals surface area contributed by atoms with E-state index in [9.17, 15) is 0 Å². The van der Waals surface area contributed by atoms with Crippen LogP contribution in [0.3, 0.4) is 0 Å². The Hall–Kier alpha value is -1.45. The zero-order chi connectivity index (χ0) is 12.8. The topological polar surface area (TPSA) is 34.1 Å². The quantitative estimate of drug-likeness (QED) is 0.848. The zero-order valence-electron chi connectivity index (χ0n) is 11.0. The second-order valence-electron chi connectivity index (χ2n) is 4.38. The van der Waals surface area contributed by atoms with E-state index < -0.39 is 0 Å². The van der Waals surface area contributed by atoms with Crippen LogP contribution in [0.4, 0.5) is 0 Å². The number of ether oxygens (including phenoxy) is 1. The molecule has 3 heteroatoms. The first-order chi connectivity index (χ1) is 8.86. The molecule has 3 nitrogen and oxygen atoms in total. The molecule has 0 amide bonds. The van der Waals surface area contributed by atoms with Gasteiger partial charge < -0.3 is 10.1 Å². The monoisotopic (exact) mass is 244 g/mol. The van der Waals surface area contributed by atoms with Gasteiger partial charge in [0, 0.05) is 18.7 Å². The Balaban J connectivity index is 2.36. The lowest BCUT2D eigenvalue weighted by Gasteiger charge is -2.19. The Morgan fingerprint density at radius 2 is 2.11 bits per heavy atom. The number of hydrogen-bond donors (Lipinski definition) is 1. The van der Waals surface area contributed by atoms with Crippen molar-refractivity contribution in [2.75, 3.05) is 20.3 Å². The number of benzene rings is 1. The molecule has 0 aliphatic rings. The molecule has 18 heavy (non-hydrogen) atoms. The summed E-state index contributed by atoms with van der Waals surface area (Å²) < 4.78 is 5.32. The third-order valence-electron chi connectivity index (χ3n) is 3.03. The lowest BCUT2D eigenvalue weighted by molar-refractivity contribution is 0.167. The number of nitrogens with one attached hydrogen (secondary N) is 1. The maximum Gasteiger partial charge on any atom is 0.0705 e. The van der Waals surface area contributed by atoms with Crippen molar-refractivity contribution < 1.29 is 4.74 Å². The Morgan fingerprint density at radius 1 is 1.28 bits per heavy atom. The van der Waals surface area contributed by atoms with Gasteiger partial charge in [0.15, 0.2) is 0 Å². The van der Waals surface area contributed by atoms with Crippen LogP contribution in [-0.2, 0) is 4.74 Å². The molecule has 1 aromatic heterocycles. The summed E-state index contributed by atoms with van der Waals surface area (Å²) in [4.78, 5) is 4.40. The number of pyridine rings is 1. The molecule has 0 saturated heterocycles. The summed E-state index contributed by atoms with van der Waals surface area (Å²) in [5.41, 5.74) is 2.30. The van der Waals surface area contributed by atoms with Crippen LogP contribution in [0.25, 0.3) is 10.9 Å². The van der Waals surface area contributed by atoms with Crippen molar-refractivity contribution in [3.8, 4) is 0 Å². The van der Waals surface area contributed by atoms with Crippen LogP contribution in [0.1, 0.15) is 24.9 Å². The van der Waals surface area contributed by atoms with Crippen molar-refractivity contribution in [3.05, 3.63) is 42.1 Å². The molecule has 1 unspecified atom stereocenters. The fourth-order valence-corrected chi connectivity index (χ4v) is 2.17. The molecule has 0 aliphatic heterocycles. The molecule has 1 N–H and O–H groups in total. The van der Waals surface area contributed by atoms with Gasteiger partial charge in [0.1, 0.15) is 0 Å². The Kier molecular flexibility index (Phi) is 4.67. The molecule has 0 saturated carbocycles. The summed E-state index contributed by atoms with van der Waals surface area (Å²) in [7, 11) is 1.74. The Bertz CT molecular complexity index is 493. The van der Waals surface area contributed by atoms with Gasteiger partial charge in [0.25, 0.3) is 0 Å². The second kappa shape index (κ2) is 6.47. The number of aromatic nitrogens is 1. The maximum atomic E-state index is 5.32. The van der Waals surface area contributed by atoms with Crippen LogP contribution in [-0.4, -0.2) is 25.2 Å². The van der Waals surface area contributed by atoms with Crippen molar-refractivity contribution in [1.29, 1.82) is 0 Å². The molecule has 96 valence electrons. The highest BCUT2D eigenvalue weighted by molar-refractivity contribution is 5.82. The number of methoxy groups -OCH3 is 1. The number of nitrogens with zero attached hydrogens (tertiary/aromatic N) is 1. The third kappa shape index (κ3) is 2.86. The van der Waals surface area contributed by atoms with Gasteiger partial charge in [0.05, 0.1) is 18.2 Å². The lowest BCUT2D eigenvalue weighted by Crippen LogP contribution is -2.26. The highest BCUT2D eigenvalue weighted by Crippen LogP contribution is 2.22. The van der Waals surface area contributed by atoms with E-state index in [-0.39, 0.29) is 6.04 Å². The van der Waals surface area contributed by atoms with Crippen molar-refractivity contribution >= 4 is 10.9 Å². The summed E-state index contributed by atoms with van der Waals surface area (Å²) in [6, 6.07) is 10.5. The van der Waals surface area contributed by atoms with Crippen molar-refractivity contribution in [3.63, 3.8) is 0 Å². The van der Waals surface area contributed by atoms with Crippen LogP contribution in [0.5, 0.6) is 0 Å². The van der Waals surface area contributed by atoms with Gasteiger partial charge in [-0.2, -0.15) is 0 Å². The van der Waals surface area contributed by atoms with E-state index in [2.05, 4.69) is 35.4 Å². The average molecular weight is 244 g/mol. The van der Waals surface area contributed by atoms with Gasteiger partial charge in [-0.05, 0) is 30.7 Å². The van der Waals surface area contributed by atoms with Crippen LogP contribution < -0.4 is 5.32 Å². The molecule has 1 heterocycles. The van der Waals surface area contributed by atoms with Crippen molar-refractivity contribution in [1.82, 2.24) is 10.3 Å². The van der Waals surface area contributed by atoms with Gasteiger partial charge in [-0.25, -0.2) is 0 Å². The Labute approximate surface area is 108 Å². The molecular weight excluding hydrogens is 224 g/mol. The highest BCUT2D eigenvalue weighted by atomic mass is 16.5. The van der Waals surface area contributed by atoms with E-state index >= 15 is 0 Å². The molecule has 1 aromatic carbocycles.